The van der Waals surface area contributed by atoms with Gasteiger partial charge in [0.1, 0.15) is 24.6 Å². The molecule has 8 heteroatoms. The van der Waals surface area contributed by atoms with E-state index >= 15 is 0 Å². The zero-order valence-electron chi connectivity index (χ0n) is 8.81. The first-order valence-corrected chi connectivity index (χ1v) is 5.22. The average molecular weight is 283 g/mol. The smallest absolute Gasteiger partial charge is 0.364 e. The molecular weight excluding hydrogens is 276 g/mol. The predicted octanol–water partition coefficient (Wildman–Crippen LogP) is 3.43. The van der Waals surface area contributed by atoms with Crippen molar-refractivity contribution in [3.05, 3.63) is 28.8 Å². The van der Waals surface area contributed by atoms with Crippen LogP contribution in [0.1, 0.15) is 5.82 Å². The third kappa shape index (κ3) is 2.91. The molecule has 2 aromatic rings. The summed E-state index contributed by atoms with van der Waals surface area (Å²) < 4.78 is 53.4. The number of hydrogen-bond acceptors (Lipinski definition) is 2. The lowest BCUT2D eigenvalue weighted by atomic mass is 10.3. The first-order chi connectivity index (χ1) is 8.37. The Kier molecular flexibility index (Phi) is 3.45. The number of imidazole rings is 1. The number of alkyl halides is 3. The number of rotatable bonds is 3. The van der Waals surface area contributed by atoms with E-state index in [1.54, 1.807) is 0 Å². The van der Waals surface area contributed by atoms with Crippen molar-refractivity contribution in [2.24, 2.45) is 0 Å². The van der Waals surface area contributed by atoms with Gasteiger partial charge >= 0.3 is 6.18 Å². The standard InChI is InChI=1S/C10H7ClF4N2O/c11-5-1-2-6-9(8(5)12)17-7(16-6)3-18-4-10(13,14)15/h1-2H,3-4H2,(H,16,17). The summed E-state index contributed by atoms with van der Waals surface area (Å²) in [5.74, 6) is -0.608. The highest BCUT2D eigenvalue weighted by Gasteiger charge is 2.27. The van der Waals surface area contributed by atoms with Crippen LogP contribution in [0.2, 0.25) is 5.02 Å². The second kappa shape index (κ2) is 4.74. The highest BCUT2D eigenvalue weighted by molar-refractivity contribution is 6.31. The molecule has 0 bridgehead atoms. The van der Waals surface area contributed by atoms with Crippen molar-refractivity contribution in [1.29, 1.82) is 0 Å². The molecule has 0 radical (unpaired) electrons. The predicted molar refractivity (Wildman–Crippen MR) is 56.8 cm³/mol. The van der Waals surface area contributed by atoms with Crippen LogP contribution in [-0.4, -0.2) is 22.8 Å². The largest absolute Gasteiger partial charge is 0.411 e. The van der Waals surface area contributed by atoms with E-state index < -0.39 is 18.6 Å². The summed E-state index contributed by atoms with van der Waals surface area (Å²) >= 11 is 5.55. The van der Waals surface area contributed by atoms with E-state index in [4.69, 9.17) is 11.6 Å². The Balaban J connectivity index is 2.13. The van der Waals surface area contributed by atoms with Crippen molar-refractivity contribution in [3.8, 4) is 0 Å². The molecule has 0 atom stereocenters. The second-order valence-corrected chi connectivity index (χ2v) is 3.96. The average Bonchev–Trinajstić information content (AvgIpc) is 2.66. The molecule has 0 aliphatic rings. The van der Waals surface area contributed by atoms with Gasteiger partial charge in [-0.3, -0.25) is 0 Å². The van der Waals surface area contributed by atoms with Gasteiger partial charge in [-0.15, -0.1) is 0 Å². The zero-order chi connectivity index (χ0) is 13.3. The Morgan fingerprint density at radius 2 is 2.06 bits per heavy atom. The molecule has 18 heavy (non-hydrogen) atoms. The monoisotopic (exact) mass is 282 g/mol. The second-order valence-electron chi connectivity index (χ2n) is 3.55. The highest BCUT2D eigenvalue weighted by Crippen LogP contribution is 2.23. The number of halogens is 5. The van der Waals surface area contributed by atoms with Gasteiger partial charge in [0.2, 0.25) is 0 Å². The van der Waals surface area contributed by atoms with Crippen LogP contribution >= 0.6 is 11.6 Å². The topological polar surface area (TPSA) is 37.9 Å². The first kappa shape index (κ1) is 13.1. The molecule has 3 nitrogen and oxygen atoms in total. The summed E-state index contributed by atoms with van der Waals surface area (Å²) in [6.45, 7) is -1.77. The molecule has 0 fully saturated rings. The van der Waals surface area contributed by atoms with Gasteiger partial charge in [-0.25, -0.2) is 9.37 Å². The van der Waals surface area contributed by atoms with E-state index in [0.29, 0.717) is 5.52 Å². The molecule has 0 amide bonds. The highest BCUT2D eigenvalue weighted by atomic mass is 35.5. The summed E-state index contributed by atoms with van der Waals surface area (Å²) in [6, 6.07) is 2.82. The van der Waals surface area contributed by atoms with Gasteiger partial charge in [0, 0.05) is 0 Å². The lowest BCUT2D eigenvalue weighted by molar-refractivity contribution is -0.177. The maximum absolute atomic E-state index is 13.5. The van der Waals surface area contributed by atoms with Crippen molar-refractivity contribution < 1.29 is 22.3 Å². The summed E-state index contributed by atoms with van der Waals surface area (Å²) in [4.78, 5) is 6.43. The molecule has 98 valence electrons. The lowest BCUT2D eigenvalue weighted by Crippen LogP contribution is -2.16. The third-order valence-electron chi connectivity index (χ3n) is 2.10. The fourth-order valence-corrected chi connectivity index (χ4v) is 1.55. The fraction of sp³-hybridized carbons (Fsp3) is 0.300. The number of nitrogens with zero attached hydrogens (tertiary/aromatic N) is 1. The van der Waals surface area contributed by atoms with E-state index in [-0.39, 0.29) is 23.0 Å². The van der Waals surface area contributed by atoms with E-state index in [1.165, 1.54) is 12.1 Å². The molecule has 0 saturated heterocycles. The van der Waals surface area contributed by atoms with E-state index in [1.807, 2.05) is 0 Å². The van der Waals surface area contributed by atoms with Crippen LogP contribution in [0.5, 0.6) is 0 Å². The summed E-state index contributed by atoms with van der Waals surface area (Å²) in [6.07, 6.45) is -4.40. The molecular formula is C10H7ClF4N2O. The first-order valence-electron chi connectivity index (χ1n) is 4.84. The Morgan fingerprint density at radius 3 is 2.72 bits per heavy atom. The number of aromatic amines is 1. The number of nitrogens with one attached hydrogen (secondary N) is 1. The van der Waals surface area contributed by atoms with Crippen LogP contribution in [0, 0.1) is 5.82 Å². The van der Waals surface area contributed by atoms with Gasteiger partial charge < -0.3 is 9.72 Å². The van der Waals surface area contributed by atoms with E-state index in [9.17, 15) is 17.6 Å². The molecule has 2 rings (SSSR count). The number of benzene rings is 1. The Bertz CT molecular complexity index is 567. The minimum atomic E-state index is -4.40. The SMILES string of the molecule is Fc1c(Cl)ccc2[nH]c(COCC(F)(F)F)nc12. The number of hydrogen-bond donors (Lipinski definition) is 1. The lowest BCUT2D eigenvalue weighted by Gasteiger charge is -2.05. The summed E-state index contributed by atoms with van der Waals surface area (Å²) in [5, 5.41) is -0.100. The van der Waals surface area contributed by atoms with Crippen molar-refractivity contribution in [2.45, 2.75) is 12.8 Å². The van der Waals surface area contributed by atoms with Gasteiger partial charge in [0.05, 0.1) is 10.5 Å². The van der Waals surface area contributed by atoms with Crippen LogP contribution in [-0.2, 0) is 11.3 Å². The Hall–Kier alpha value is -1.34. The van der Waals surface area contributed by atoms with Gasteiger partial charge in [-0.05, 0) is 12.1 Å². The molecule has 0 unspecified atom stereocenters. The fourth-order valence-electron chi connectivity index (χ4n) is 1.40. The Morgan fingerprint density at radius 1 is 1.33 bits per heavy atom. The molecule has 0 aliphatic carbocycles. The third-order valence-corrected chi connectivity index (χ3v) is 2.39. The van der Waals surface area contributed by atoms with Gasteiger partial charge in [-0.2, -0.15) is 13.2 Å². The van der Waals surface area contributed by atoms with Crippen LogP contribution in [0.15, 0.2) is 12.1 Å². The zero-order valence-corrected chi connectivity index (χ0v) is 9.57. The minimum Gasteiger partial charge on any atom is -0.364 e. The van der Waals surface area contributed by atoms with Crippen molar-refractivity contribution in [1.82, 2.24) is 9.97 Å². The maximum atomic E-state index is 13.5. The number of ether oxygens (including phenoxy) is 1. The number of fused-ring (bicyclic) bond motifs is 1. The molecule has 1 aromatic carbocycles. The van der Waals surface area contributed by atoms with Crippen molar-refractivity contribution in [2.75, 3.05) is 6.61 Å². The number of aromatic nitrogens is 2. The molecule has 0 aliphatic heterocycles. The van der Waals surface area contributed by atoms with E-state index in [2.05, 4.69) is 14.7 Å². The van der Waals surface area contributed by atoms with Crippen molar-refractivity contribution >= 4 is 22.6 Å². The number of H-pyrrole nitrogens is 1. The Labute approximate surface area is 104 Å². The van der Waals surface area contributed by atoms with Gasteiger partial charge in [0.25, 0.3) is 0 Å². The molecule has 0 spiro atoms. The van der Waals surface area contributed by atoms with E-state index in [0.717, 1.165) is 0 Å². The normalized spacial score (nSPS) is 12.3. The van der Waals surface area contributed by atoms with Crippen LogP contribution < -0.4 is 0 Å². The van der Waals surface area contributed by atoms with Crippen LogP contribution in [0.25, 0.3) is 11.0 Å². The minimum absolute atomic E-state index is 0.0203. The summed E-state index contributed by atoms with van der Waals surface area (Å²) in [7, 11) is 0. The van der Waals surface area contributed by atoms with Crippen molar-refractivity contribution in [3.63, 3.8) is 0 Å². The summed E-state index contributed by atoms with van der Waals surface area (Å²) in [5.41, 5.74) is 0.329. The van der Waals surface area contributed by atoms with Gasteiger partial charge in [-0.1, -0.05) is 11.6 Å². The van der Waals surface area contributed by atoms with Crippen LogP contribution in [0.3, 0.4) is 0 Å². The quantitative estimate of drug-likeness (QED) is 0.876. The van der Waals surface area contributed by atoms with Crippen LogP contribution in [0.4, 0.5) is 17.6 Å². The maximum Gasteiger partial charge on any atom is 0.411 e. The molecule has 1 N–H and O–H groups in total. The molecule has 0 saturated carbocycles. The van der Waals surface area contributed by atoms with Gasteiger partial charge in [0.15, 0.2) is 5.82 Å². The molecule has 1 aromatic heterocycles. The molecule has 1 heterocycles.